The summed E-state index contributed by atoms with van der Waals surface area (Å²) in [6, 6.07) is 0. The Morgan fingerprint density at radius 2 is 2.20 bits per heavy atom. The van der Waals surface area contributed by atoms with Crippen molar-refractivity contribution in [3.8, 4) is 0 Å². The molecule has 4 heteroatoms. The summed E-state index contributed by atoms with van der Waals surface area (Å²) in [6.07, 6.45) is 2.02. The molecule has 4 nitrogen and oxygen atoms in total. The van der Waals surface area contributed by atoms with Crippen molar-refractivity contribution in [2.75, 3.05) is 6.61 Å². The first-order valence-corrected chi connectivity index (χ1v) is 4.90. The van der Waals surface area contributed by atoms with E-state index in [9.17, 15) is 15.0 Å². The molecule has 0 aromatic rings. The summed E-state index contributed by atoms with van der Waals surface area (Å²) in [6.45, 7) is 3.43. The monoisotopic (exact) mass is 210 g/mol. The van der Waals surface area contributed by atoms with E-state index < -0.39 is 17.5 Å². The lowest BCUT2D eigenvalue weighted by Crippen LogP contribution is -2.54. The average molecular weight is 210 g/mol. The Labute approximate surface area is 87.9 Å². The summed E-state index contributed by atoms with van der Waals surface area (Å²) in [7, 11) is 0. The van der Waals surface area contributed by atoms with E-state index in [0.717, 1.165) is 11.3 Å². The van der Waals surface area contributed by atoms with Crippen LogP contribution in [0.15, 0.2) is 23.5 Å². The number of carbonyl (C=O) groups is 1. The molecule has 2 rings (SSSR count). The Hall–Kier alpha value is -1.13. The molecule has 15 heavy (non-hydrogen) atoms. The number of allylic oxidation sites excluding steroid dienone is 2. The zero-order valence-corrected chi connectivity index (χ0v) is 8.73. The van der Waals surface area contributed by atoms with Gasteiger partial charge in [0.2, 0.25) is 0 Å². The van der Waals surface area contributed by atoms with Crippen molar-refractivity contribution in [3.63, 3.8) is 0 Å². The number of hydrogen-bond donors (Lipinski definition) is 2. The van der Waals surface area contributed by atoms with Crippen molar-refractivity contribution >= 4 is 5.78 Å². The molecule has 0 aromatic heterocycles. The van der Waals surface area contributed by atoms with Gasteiger partial charge in [-0.25, -0.2) is 0 Å². The Morgan fingerprint density at radius 1 is 1.53 bits per heavy atom. The van der Waals surface area contributed by atoms with Gasteiger partial charge in [-0.1, -0.05) is 0 Å². The van der Waals surface area contributed by atoms with Crippen LogP contribution >= 0.6 is 0 Å². The van der Waals surface area contributed by atoms with Gasteiger partial charge in [-0.05, 0) is 31.6 Å². The van der Waals surface area contributed by atoms with Gasteiger partial charge in [0.15, 0.2) is 11.4 Å². The molecule has 0 fully saturated rings. The maximum atomic E-state index is 11.5. The van der Waals surface area contributed by atoms with Crippen LogP contribution in [-0.4, -0.2) is 34.3 Å². The molecule has 0 bridgehead atoms. The lowest BCUT2D eigenvalue weighted by molar-refractivity contribution is -0.150. The van der Waals surface area contributed by atoms with Crippen LogP contribution in [-0.2, 0) is 9.53 Å². The fourth-order valence-corrected chi connectivity index (χ4v) is 1.96. The fourth-order valence-electron chi connectivity index (χ4n) is 1.96. The third-order valence-corrected chi connectivity index (χ3v) is 3.04. The molecule has 3 atom stereocenters. The van der Waals surface area contributed by atoms with Crippen molar-refractivity contribution in [1.29, 1.82) is 0 Å². The molecule has 82 valence electrons. The molecule has 1 heterocycles. The Balaban J connectivity index is 2.44. The zero-order chi connectivity index (χ0) is 11.2. The standard InChI is InChI=1S/C11H14O4/c1-6-3-7-4-9(12)11(2,14)10(13)8(7)5-15-6/h3-4,8,10,13-14H,5H2,1-2H3/t8-,10-,11+/m1/s1. The van der Waals surface area contributed by atoms with Crippen molar-refractivity contribution in [1.82, 2.24) is 0 Å². The third-order valence-electron chi connectivity index (χ3n) is 3.04. The molecule has 1 aliphatic heterocycles. The van der Waals surface area contributed by atoms with E-state index >= 15 is 0 Å². The molecule has 0 saturated carbocycles. The Bertz CT molecular complexity index is 365. The normalized spacial score (nSPS) is 40.1. The topological polar surface area (TPSA) is 66.8 Å². The van der Waals surface area contributed by atoms with E-state index in [1.807, 2.05) is 0 Å². The fraction of sp³-hybridized carbons (Fsp3) is 0.545. The molecule has 0 saturated heterocycles. The average Bonchev–Trinajstić information content (AvgIpc) is 2.15. The Morgan fingerprint density at radius 3 is 2.87 bits per heavy atom. The van der Waals surface area contributed by atoms with Crippen LogP contribution in [0.2, 0.25) is 0 Å². The van der Waals surface area contributed by atoms with Gasteiger partial charge in [0, 0.05) is 5.92 Å². The van der Waals surface area contributed by atoms with Crippen molar-refractivity contribution < 1.29 is 19.7 Å². The highest BCUT2D eigenvalue weighted by atomic mass is 16.5. The molecule has 2 aliphatic rings. The first-order chi connectivity index (χ1) is 6.93. The highest BCUT2D eigenvalue weighted by Gasteiger charge is 2.47. The predicted octanol–water partition coefficient (Wildman–Crippen LogP) is 0.158. The molecule has 0 spiro atoms. The number of hydrogen-bond acceptors (Lipinski definition) is 4. The zero-order valence-electron chi connectivity index (χ0n) is 8.73. The summed E-state index contributed by atoms with van der Waals surface area (Å²) in [4.78, 5) is 11.5. The lowest BCUT2D eigenvalue weighted by atomic mass is 9.75. The minimum atomic E-state index is -1.70. The molecule has 0 amide bonds. The molecule has 0 aromatic carbocycles. The van der Waals surface area contributed by atoms with Gasteiger partial charge < -0.3 is 14.9 Å². The van der Waals surface area contributed by atoms with E-state index in [2.05, 4.69) is 0 Å². The number of rotatable bonds is 0. The number of aliphatic hydroxyl groups excluding tert-OH is 1. The molecule has 1 aliphatic carbocycles. The van der Waals surface area contributed by atoms with Gasteiger partial charge in [-0.3, -0.25) is 4.79 Å². The maximum absolute atomic E-state index is 11.5. The van der Waals surface area contributed by atoms with E-state index in [0.29, 0.717) is 6.61 Å². The van der Waals surface area contributed by atoms with Crippen LogP contribution in [0.25, 0.3) is 0 Å². The van der Waals surface area contributed by atoms with E-state index in [-0.39, 0.29) is 5.92 Å². The highest BCUT2D eigenvalue weighted by molar-refractivity contribution is 5.99. The summed E-state index contributed by atoms with van der Waals surface area (Å²) < 4.78 is 5.28. The summed E-state index contributed by atoms with van der Waals surface area (Å²) in [5.74, 6) is -0.0485. The second-order valence-electron chi connectivity index (χ2n) is 4.27. The van der Waals surface area contributed by atoms with E-state index in [1.54, 1.807) is 13.0 Å². The van der Waals surface area contributed by atoms with Crippen LogP contribution in [0.1, 0.15) is 13.8 Å². The molecule has 2 N–H and O–H groups in total. The van der Waals surface area contributed by atoms with Crippen molar-refractivity contribution in [2.24, 2.45) is 5.92 Å². The SMILES string of the molecule is CC1=CC2=CC(=O)[C@](C)(O)[C@H](O)[C@@H]2CO1. The minimum absolute atomic E-state index is 0.304. The number of ketones is 1. The number of carbonyl (C=O) groups excluding carboxylic acids is 1. The van der Waals surface area contributed by atoms with Gasteiger partial charge in [-0.15, -0.1) is 0 Å². The van der Waals surface area contributed by atoms with Crippen LogP contribution < -0.4 is 0 Å². The minimum Gasteiger partial charge on any atom is -0.497 e. The molecular weight excluding hydrogens is 196 g/mol. The third kappa shape index (κ3) is 1.50. The van der Waals surface area contributed by atoms with Crippen molar-refractivity contribution in [2.45, 2.75) is 25.6 Å². The van der Waals surface area contributed by atoms with Crippen LogP contribution in [0.4, 0.5) is 0 Å². The second-order valence-corrected chi connectivity index (χ2v) is 4.27. The summed E-state index contributed by atoms with van der Waals surface area (Å²) in [5, 5.41) is 19.7. The number of ether oxygens (including phenoxy) is 1. The first kappa shape index (κ1) is 10.4. The maximum Gasteiger partial charge on any atom is 0.189 e. The van der Waals surface area contributed by atoms with Crippen LogP contribution in [0.3, 0.4) is 0 Å². The molecular formula is C11H14O4. The number of fused-ring (bicyclic) bond motifs is 1. The first-order valence-electron chi connectivity index (χ1n) is 4.90. The number of aliphatic hydroxyl groups is 2. The summed E-state index contributed by atoms with van der Waals surface area (Å²) >= 11 is 0. The van der Waals surface area contributed by atoms with Crippen LogP contribution in [0.5, 0.6) is 0 Å². The van der Waals surface area contributed by atoms with Crippen molar-refractivity contribution in [3.05, 3.63) is 23.5 Å². The smallest absolute Gasteiger partial charge is 0.189 e. The highest BCUT2D eigenvalue weighted by Crippen LogP contribution is 2.34. The van der Waals surface area contributed by atoms with Crippen LogP contribution in [0, 0.1) is 5.92 Å². The quantitative estimate of drug-likeness (QED) is 0.597. The Kier molecular flexibility index (Phi) is 2.20. The largest absolute Gasteiger partial charge is 0.497 e. The van der Waals surface area contributed by atoms with Gasteiger partial charge in [0.05, 0.1) is 18.5 Å². The van der Waals surface area contributed by atoms with Gasteiger partial charge in [-0.2, -0.15) is 0 Å². The molecule has 0 radical (unpaired) electrons. The molecule has 0 unspecified atom stereocenters. The van der Waals surface area contributed by atoms with Gasteiger partial charge in [0.1, 0.15) is 0 Å². The van der Waals surface area contributed by atoms with Gasteiger partial charge in [0.25, 0.3) is 0 Å². The van der Waals surface area contributed by atoms with E-state index in [1.165, 1.54) is 13.0 Å². The second kappa shape index (κ2) is 3.18. The van der Waals surface area contributed by atoms with Gasteiger partial charge >= 0.3 is 0 Å². The van der Waals surface area contributed by atoms with E-state index in [4.69, 9.17) is 4.74 Å². The predicted molar refractivity (Wildman–Crippen MR) is 52.9 cm³/mol. The lowest BCUT2D eigenvalue weighted by Gasteiger charge is -2.39. The summed E-state index contributed by atoms with van der Waals surface area (Å²) in [5.41, 5.74) is -0.959.